The molecule has 0 amide bonds. The second-order valence-electron chi connectivity index (χ2n) is 8.53. The zero-order valence-corrected chi connectivity index (χ0v) is 21.7. The highest BCUT2D eigenvalue weighted by molar-refractivity contribution is 6.27. The summed E-state index contributed by atoms with van der Waals surface area (Å²) in [4.78, 5) is 18.2. The molecule has 0 spiro atoms. The van der Waals surface area contributed by atoms with E-state index < -0.39 is 18.0 Å². The molecule has 0 saturated heterocycles. The summed E-state index contributed by atoms with van der Waals surface area (Å²) in [6.07, 6.45) is 0.295. The minimum Gasteiger partial charge on any atom is -0.497 e. The van der Waals surface area contributed by atoms with Gasteiger partial charge in [-0.1, -0.05) is 42.5 Å². The number of hydrogen-bond donors (Lipinski definition) is 4. The molecule has 9 nitrogen and oxygen atoms in total. The summed E-state index contributed by atoms with van der Waals surface area (Å²) in [6, 6.07) is 26.2. The number of aliphatic carboxylic acids is 2. The van der Waals surface area contributed by atoms with Gasteiger partial charge in [0, 0.05) is 18.5 Å². The summed E-state index contributed by atoms with van der Waals surface area (Å²) in [5.74, 6) is -0.999. The van der Waals surface area contributed by atoms with Crippen LogP contribution in [0.4, 0.5) is 0 Å². The van der Waals surface area contributed by atoms with Crippen LogP contribution in [0.1, 0.15) is 30.4 Å². The Hall–Kier alpha value is -4.08. The Labute approximate surface area is 222 Å². The molecule has 3 rings (SSSR count). The fraction of sp³-hybridized carbons (Fsp3) is 0.310. The van der Waals surface area contributed by atoms with Crippen LogP contribution in [0.15, 0.2) is 78.9 Å². The number of carbonyl (C=O) groups is 2. The van der Waals surface area contributed by atoms with Crippen molar-refractivity contribution in [3.8, 4) is 17.2 Å². The molecular formula is C29H35NO8. The van der Waals surface area contributed by atoms with Gasteiger partial charge in [0.15, 0.2) is 0 Å². The third-order valence-electron chi connectivity index (χ3n) is 5.70. The summed E-state index contributed by atoms with van der Waals surface area (Å²) in [5, 5.41) is 28.6. The lowest BCUT2D eigenvalue weighted by Gasteiger charge is -2.24. The van der Waals surface area contributed by atoms with E-state index in [1.807, 2.05) is 54.6 Å². The molecule has 0 aromatic heterocycles. The average Bonchev–Trinajstić information content (AvgIpc) is 2.94. The van der Waals surface area contributed by atoms with E-state index in [1.165, 1.54) is 11.1 Å². The number of carboxylic acids is 2. The van der Waals surface area contributed by atoms with E-state index in [4.69, 9.17) is 34.0 Å². The Morgan fingerprint density at radius 1 is 0.763 bits per heavy atom. The first-order valence-corrected chi connectivity index (χ1v) is 12.1. The highest BCUT2D eigenvalue weighted by atomic mass is 16.5. The van der Waals surface area contributed by atoms with Crippen LogP contribution in [0.25, 0.3) is 0 Å². The molecule has 3 aromatic carbocycles. The third-order valence-corrected chi connectivity index (χ3v) is 5.70. The summed E-state index contributed by atoms with van der Waals surface area (Å²) in [7, 11) is 3.35. The number of nitrogens with one attached hydrogen (secondary N) is 1. The Morgan fingerprint density at radius 2 is 1.24 bits per heavy atom. The van der Waals surface area contributed by atoms with E-state index in [0.717, 1.165) is 23.7 Å². The lowest BCUT2D eigenvalue weighted by atomic mass is 9.86. The van der Waals surface area contributed by atoms with Crippen molar-refractivity contribution in [3.05, 3.63) is 90.0 Å². The second-order valence-corrected chi connectivity index (χ2v) is 8.53. The molecule has 0 unspecified atom stereocenters. The quantitative estimate of drug-likeness (QED) is 0.261. The van der Waals surface area contributed by atoms with Crippen molar-refractivity contribution in [1.29, 1.82) is 0 Å². The van der Waals surface area contributed by atoms with E-state index in [1.54, 1.807) is 14.2 Å². The molecule has 4 N–H and O–H groups in total. The van der Waals surface area contributed by atoms with E-state index in [9.17, 15) is 5.11 Å². The molecule has 0 heterocycles. The molecule has 0 saturated carbocycles. The van der Waals surface area contributed by atoms with Gasteiger partial charge >= 0.3 is 11.9 Å². The minimum absolute atomic E-state index is 0.190. The number of rotatable bonds is 12. The van der Waals surface area contributed by atoms with Crippen molar-refractivity contribution in [2.24, 2.45) is 0 Å². The van der Waals surface area contributed by atoms with Crippen LogP contribution in [0, 0.1) is 0 Å². The molecular weight excluding hydrogens is 490 g/mol. The molecule has 0 fully saturated rings. The fourth-order valence-corrected chi connectivity index (χ4v) is 3.68. The number of carboxylic acid groups (broad SMARTS) is 2. The summed E-state index contributed by atoms with van der Waals surface area (Å²) >= 11 is 0. The monoisotopic (exact) mass is 525 g/mol. The largest absolute Gasteiger partial charge is 0.497 e. The maximum Gasteiger partial charge on any atom is 0.414 e. The lowest BCUT2D eigenvalue weighted by molar-refractivity contribution is -0.159. The normalized spacial score (nSPS) is 12.0. The average molecular weight is 526 g/mol. The van der Waals surface area contributed by atoms with Crippen LogP contribution in [0.5, 0.6) is 17.2 Å². The van der Waals surface area contributed by atoms with Crippen LogP contribution < -0.4 is 19.5 Å². The smallest absolute Gasteiger partial charge is 0.414 e. The molecule has 9 heteroatoms. The number of aliphatic hydroxyl groups excluding tert-OH is 1. The van der Waals surface area contributed by atoms with E-state index in [-0.39, 0.29) is 18.6 Å². The van der Waals surface area contributed by atoms with Gasteiger partial charge in [0.1, 0.15) is 30.0 Å². The van der Waals surface area contributed by atoms with Crippen LogP contribution in [0.2, 0.25) is 0 Å². The predicted molar refractivity (Wildman–Crippen MR) is 143 cm³/mol. The number of para-hydroxylation sites is 1. The van der Waals surface area contributed by atoms with Gasteiger partial charge in [-0.2, -0.15) is 0 Å². The number of benzene rings is 3. The Kier molecular flexibility index (Phi) is 12.6. The van der Waals surface area contributed by atoms with Gasteiger partial charge in [-0.25, -0.2) is 9.59 Å². The first-order chi connectivity index (χ1) is 18.2. The highest BCUT2D eigenvalue weighted by Crippen LogP contribution is 2.31. The highest BCUT2D eigenvalue weighted by Gasteiger charge is 2.19. The van der Waals surface area contributed by atoms with Crippen LogP contribution in [-0.2, 0) is 9.59 Å². The van der Waals surface area contributed by atoms with Gasteiger partial charge in [0.2, 0.25) is 0 Å². The standard InChI is InChI=1S/C27H33NO4.C2H2O4/c1-20(28-18-23(29)19-32-26-7-5-4-6-8-26)17-27(21-9-13-24(30-2)14-10-21)22-11-15-25(31-3)16-12-22;3-1(4)2(5)6/h4-16,20,23,27-29H,17-19H2,1-3H3;(H,3,4)(H,5,6)/t20-,23-;/m0./s1. The topological polar surface area (TPSA) is 135 Å². The van der Waals surface area contributed by atoms with Gasteiger partial charge in [0.05, 0.1) is 14.2 Å². The van der Waals surface area contributed by atoms with Crippen molar-refractivity contribution in [1.82, 2.24) is 5.32 Å². The van der Waals surface area contributed by atoms with Gasteiger partial charge in [0.25, 0.3) is 0 Å². The molecule has 0 radical (unpaired) electrons. The Morgan fingerprint density at radius 3 is 1.66 bits per heavy atom. The first-order valence-electron chi connectivity index (χ1n) is 12.1. The molecule has 38 heavy (non-hydrogen) atoms. The van der Waals surface area contributed by atoms with Gasteiger partial charge in [-0.3, -0.25) is 0 Å². The number of hydrogen-bond acceptors (Lipinski definition) is 7. The maximum atomic E-state index is 10.3. The van der Waals surface area contributed by atoms with Crippen molar-refractivity contribution < 1.29 is 39.1 Å². The van der Waals surface area contributed by atoms with Gasteiger partial charge in [-0.15, -0.1) is 0 Å². The number of methoxy groups -OCH3 is 2. The molecule has 0 aliphatic heterocycles. The third kappa shape index (κ3) is 10.5. The molecule has 0 aliphatic carbocycles. The Balaban J connectivity index is 0.000000757. The first kappa shape index (κ1) is 30.1. The van der Waals surface area contributed by atoms with Crippen molar-refractivity contribution in [2.75, 3.05) is 27.4 Å². The molecule has 0 bridgehead atoms. The van der Waals surface area contributed by atoms with Crippen LogP contribution >= 0.6 is 0 Å². The molecule has 0 aliphatic rings. The number of aliphatic hydroxyl groups is 1. The van der Waals surface area contributed by atoms with Crippen molar-refractivity contribution in [3.63, 3.8) is 0 Å². The molecule has 204 valence electrons. The number of ether oxygens (including phenoxy) is 3. The second kappa shape index (κ2) is 15.9. The van der Waals surface area contributed by atoms with Crippen molar-refractivity contribution in [2.45, 2.75) is 31.4 Å². The fourth-order valence-electron chi connectivity index (χ4n) is 3.68. The zero-order valence-electron chi connectivity index (χ0n) is 21.7. The Bertz CT molecular complexity index is 1040. The van der Waals surface area contributed by atoms with E-state index in [2.05, 4.69) is 36.5 Å². The van der Waals surface area contributed by atoms with Gasteiger partial charge in [-0.05, 0) is 60.9 Å². The summed E-state index contributed by atoms with van der Waals surface area (Å²) in [6.45, 7) is 2.86. The van der Waals surface area contributed by atoms with E-state index in [0.29, 0.717) is 6.54 Å². The molecule has 2 atom stereocenters. The van der Waals surface area contributed by atoms with Gasteiger partial charge < -0.3 is 34.8 Å². The summed E-state index contributed by atoms with van der Waals surface area (Å²) in [5.41, 5.74) is 2.44. The van der Waals surface area contributed by atoms with E-state index >= 15 is 0 Å². The molecule has 3 aromatic rings. The van der Waals surface area contributed by atoms with Crippen LogP contribution in [0.3, 0.4) is 0 Å². The maximum absolute atomic E-state index is 10.3. The predicted octanol–water partition coefficient (Wildman–Crippen LogP) is 3.80. The SMILES string of the molecule is COc1ccc(C(C[C@H](C)NC[C@H](O)COc2ccccc2)c2ccc(OC)cc2)cc1.O=C(O)C(=O)O. The lowest BCUT2D eigenvalue weighted by Crippen LogP contribution is -2.37. The zero-order chi connectivity index (χ0) is 27.9. The van der Waals surface area contributed by atoms with Crippen LogP contribution in [-0.4, -0.2) is 66.8 Å². The minimum atomic E-state index is -1.82. The summed E-state index contributed by atoms with van der Waals surface area (Å²) < 4.78 is 16.3. The van der Waals surface area contributed by atoms with Crippen molar-refractivity contribution >= 4 is 11.9 Å².